The van der Waals surface area contributed by atoms with E-state index in [1.54, 1.807) is 23.1 Å². The van der Waals surface area contributed by atoms with E-state index in [9.17, 15) is 0 Å². The van der Waals surface area contributed by atoms with Crippen LogP contribution in [0.4, 0.5) is 5.13 Å². The van der Waals surface area contributed by atoms with E-state index in [1.807, 2.05) is 19.0 Å². The van der Waals surface area contributed by atoms with Crippen molar-refractivity contribution in [3.8, 4) is 0 Å². The molecule has 1 heterocycles. The van der Waals surface area contributed by atoms with Gasteiger partial charge in [0, 0.05) is 25.7 Å². The molecule has 6 heteroatoms. The van der Waals surface area contributed by atoms with Gasteiger partial charge in [-0.05, 0) is 12.8 Å². The molecule has 0 aliphatic heterocycles. The van der Waals surface area contributed by atoms with Crippen LogP contribution in [0, 0.1) is 0 Å². The number of hydrogen-bond donors (Lipinski definition) is 0. The number of thioether (sulfide) groups is 1. The van der Waals surface area contributed by atoms with Gasteiger partial charge in [0.2, 0.25) is 5.13 Å². The number of nitrogens with zero attached hydrogens (tertiary/aromatic N) is 3. The van der Waals surface area contributed by atoms with Gasteiger partial charge in [-0.15, -0.1) is 21.8 Å². The van der Waals surface area contributed by atoms with Crippen molar-refractivity contribution in [1.29, 1.82) is 0 Å². The summed E-state index contributed by atoms with van der Waals surface area (Å²) < 4.78 is 1.07. The molecular formula is C10H18ClN3S2. The second kappa shape index (κ2) is 8.14. The molecule has 0 saturated carbocycles. The van der Waals surface area contributed by atoms with Gasteiger partial charge < -0.3 is 4.90 Å². The number of aromatic nitrogens is 2. The molecule has 0 aromatic carbocycles. The fourth-order valence-electron chi connectivity index (χ4n) is 1.15. The summed E-state index contributed by atoms with van der Waals surface area (Å²) in [6, 6.07) is 0. The second-order valence-corrected chi connectivity index (χ2v) is 6.37. The Morgan fingerprint density at radius 1 is 1.19 bits per heavy atom. The molecule has 92 valence electrons. The molecule has 0 saturated heterocycles. The summed E-state index contributed by atoms with van der Waals surface area (Å²) in [5.74, 6) is 1.92. The van der Waals surface area contributed by atoms with E-state index < -0.39 is 0 Å². The molecule has 0 fully saturated rings. The Morgan fingerprint density at radius 3 is 2.56 bits per heavy atom. The predicted octanol–water partition coefficient (Wildman–Crippen LogP) is 3.50. The fourth-order valence-corrected chi connectivity index (χ4v) is 3.17. The van der Waals surface area contributed by atoms with Gasteiger partial charge in [0.05, 0.1) is 0 Å². The second-order valence-electron chi connectivity index (χ2n) is 3.70. The van der Waals surface area contributed by atoms with Crippen LogP contribution >= 0.6 is 34.7 Å². The van der Waals surface area contributed by atoms with Crippen LogP contribution < -0.4 is 4.90 Å². The zero-order valence-electron chi connectivity index (χ0n) is 9.78. The highest BCUT2D eigenvalue weighted by Crippen LogP contribution is 2.27. The molecule has 0 N–H and O–H groups in total. The standard InChI is InChI=1S/C10H18ClN3S2/c1-14(2)9-12-13-10(16-9)15-8-6-4-3-5-7-11/h3-8H2,1-2H3. The average molecular weight is 280 g/mol. The number of anilines is 1. The van der Waals surface area contributed by atoms with Gasteiger partial charge >= 0.3 is 0 Å². The Bertz CT molecular complexity index is 291. The summed E-state index contributed by atoms with van der Waals surface area (Å²) in [6.07, 6.45) is 4.87. The number of alkyl halides is 1. The van der Waals surface area contributed by atoms with Gasteiger partial charge in [-0.1, -0.05) is 35.9 Å². The van der Waals surface area contributed by atoms with Gasteiger partial charge in [0.1, 0.15) is 0 Å². The van der Waals surface area contributed by atoms with E-state index in [0.29, 0.717) is 0 Å². The van der Waals surface area contributed by atoms with Gasteiger partial charge in [0.15, 0.2) is 4.34 Å². The zero-order chi connectivity index (χ0) is 11.8. The first-order chi connectivity index (χ1) is 7.74. The number of hydrogen-bond acceptors (Lipinski definition) is 5. The van der Waals surface area contributed by atoms with E-state index in [2.05, 4.69) is 10.2 Å². The monoisotopic (exact) mass is 279 g/mol. The van der Waals surface area contributed by atoms with Crippen LogP contribution in [0.2, 0.25) is 0 Å². The zero-order valence-corrected chi connectivity index (χ0v) is 12.2. The van der Waals surface area contributed by atoms with E-state index in [1.165, 1.54) is 19.3 Å². The maximum atomic E-state index is 5.62. The fraction of sp³-hybridized carbons (Fsp3) is 0.800. The molecule has 0 spiro atoms. The van der Waals surface area contributed by atoms with Crippen LogP contribution in [0.5, 0.6) is 0 Å². The van der Waals surface area contributed by atoms with Gasteiger partial charge in [-0.3, -0.25) is 0 Å². The van der Waals surface area contributed by atoms with Crippen LogP contribution in [0.15, 0.2) is 4.34 Å². The third kappa shape index (κ3) is 5.37. The van der Waals surface area contributed by atoms with Crippen LogP contribution in [-0.2, 0) is 0 Å². The van der Waals surface area contributed by atoms with Crippen molar-refractivity contribution in [3.05, 3.63) is 0 Å². The molecule has 0 unspecified atom stereocenters. The molecule has 0 aliphatic rings. The molecule has 0 amide bonds. The number of unbranched alkanes of at least 4 members (excludes halogenated alkanes) is 3. The lowest BCUT2D eigenvalue weighted by Gasteiger charge is -2.03. The largest absolute Gasteiger partial charge is 0.353 e. The van der Waals surface area contributed by atoms with Crippen LogP contribution in [0.25, 0.3) is 0 Å². The molecule has 16 heavy (non-hydrogen) atoms. The van der Waals surface area contributed by atoms with Gasteiger partial charge in [0.25, 0.3) is 0 Å². The first-order valence-corrected chi connectivity index (χ1v) is 7.77. The molecule has 3 nitrogen and oxygen atoms in total. The lowest BCUT2D eigenvalue weighted by atomic mass is 10.2. The van der Waals surface area contributed by atoms with Crippen molar-refractivity contribution >= 4 is 39.8 Å². The van der Waals surface area contributed by atoms with Gasteiger partial charge in [-0.25, -0.2) is 0 Å². The lowest BCUT2D eigenvalue weighted by molar-refractivity contribution is 0.709. The highest BCUT2D eigenvalue weighted by atomic mass is 35.5. The Morgan fingerprint density at radius 2 is 1.94 bits per heavy atom. The minimum Gasteiger partial charge on any atom is -0.353 e. The molecule has 0 radical (unpaired) electrons. The Balaban J connectivity index is 2.12. The highest BCUT2D eigenvalue weighted by Gasteiger charge is 2.05. The minimum atomic E-state index is 0.787. The van der Waals surface area contributed by atoms with E-state index >= 15 is 0 Å². The smallest absolute Gasteiger partial charge is 0.208 e. The van der Waals surface area contributed by atoms with Crippen molar-refractivity contribution in [3.63, 3.8) is 0 Å². The normalized spacial score (nSPS) is 10.7. The molecule has 0 aliphatic carbocycles. The molecule has 0 bridgehead atoms. The number of halogens is 1. The number of rotatable bonds is 8. The van der Waals surface area contributed by atoms with Crippen molar-refractivity contribution in [2.75, 3.05) is 30.6 Å². The minimum absolute atomic E-state index is 0.787. The van der Waals surface area contributed by atoms with Crippen LogP contribution in [-0.4, -0.2) is 35.9 Å². The van der Waals surface area contributed by atoms with Crippen LogP contribution in [0.3, 0.4) is 0 Å². The van der Waals surface area contributed by atoms with Crippen molar-refractivity contribution in [2.24, 2.45) is 0 Å². The third-order valence-corrected chi connectivity index (χ3v) is 4.61. The Hall–Kier alpha value is -0.0000000000000000278. The first kappa shape index (κ1) is 14.1. The van der Waals surface area contributed by atoms with Crippen LogP contribution in [0.1, 0.15) is 25.7 Å². The molecule has 0 atom stereocenters. The summed E-state index contributed by atoms with van der Waals surface area (Å²) >= 11 is 9.07. The molecule has 1 rings (SSSR count). The summed E-state index contributed by atoms with van der Waals surface area (Å²) in [7, 11) is 3.97. The first-order valence-electron chi connectivity index (χ1n) is 5.43. The third-order valence-electron chi connectivity index (χ3n) is 2.03. The van der Waals surface area contributed by atoms with E-state index in [-0.39, 0.29) is 0 Å². The summed E-state index contributed by atoms with van der Waals surface area (Å²) in [6.45, 7) is 0. The SMILES string of the molecule is CN(C)c1nnc(SCCCCCCCl)s1. The maximum Gasteiger partial charge on any atom is 0.208 e. The van der Waals surface area contributed by atoms with Crippen molar-refractivity contribution < 1.29 is 0 Å². The molecule has 1 aromatic heterocycles. The quantitative estimate of drug-likeness (QED) is 0.414. The van der Waals surface area contributed by atoms with Crippen molar-refractivity contribution in [2.45, 2.75) is 30.0 Å². The lowest BCUT2D eigenvalue weighted by Crippen LogP contribution is -2.07. The summed E-state index contributed by atoms with van der Waals surface area (Å²) in [4.78, 5) is 1.99. The Kier molecular flexibility index (Phi) is 7.16. The highest BCUT2D eigenvalue weighted by molar-refractivity contribution is 8.01. The molecular weight excluding hydrogens is 262 g/mol. The van der Waals surface area contributed by atoms with Gasteiger partial charge in [-0.2, -0.15) is 0 Å². The predicted molar refractivity (Wildman–Crippen MR) is 74.1 cm³/mol. The summed E-state index contributed by atoms with van der Waals surface area (Å²) in [5.41, 5.74) is 0. The average Bonchev–Trinajstić information content (AvgIpc) is 2.72. The maximum absolute atomic E-state index is 5.62. The van der Waals surface area contributed by atoms with E-state index in [4.69, 9.17) is 11.6 Å². The molecule has 1 aromatic rings. The Labute approximate surface area is 111 Å². The summed E-state index contributed by atoms with van der Waals surface area (Å²) in [5, 5.41) is 9.22. The van der Waals surface area contributed by atoms with E-state index in [0.717, 1.165) is 27.5 Å². The topological polar surface area (TPSA) is 29.0 Å². The van der Waals surface area contributed by atoms with Crippen molar-refractivity contribution in [1.82, 2.24) is 10.2 Å².